The number of hydrogen-bond donors (Lipinski definition) is 3. The minimum Gasteiger partial charge on any atom is -0.409 e. The number of halogens is 2. The third-order valence-electron chi connectivity index (χ3n) is 2.80. The molecule has 4 N–H and O–H groups in total. The van der Waals surface area contributed by atoms with Crippen LogP contribution >= 0.6 is 11.6 Å². The van der Waals surface area contributed by atoms with Gasteiger partial charge in [0.25, 0.3) is 0 Å². The Hall–Kier alpha value is -1.49. The van der Waals surface area contributed by atoms with Gasteiger partial charge in [0.1, 0.15) is 11.7 Å². The molecule has 6 heteroatoms. The normalized spacial score (nSPS) is 12.6. The third kappa shape index (κ3) is 3.77. The molecule has 0 unspecified atom stereocenters. The molecule has 0 amide bonds. The molecule has 0 aromatic heterocycles. The molecule has 0 heterocycles. The predicted octanol–water partition coefficient (Wildman–Crippen LogP) is 3.05. The van der Waals surface area contributed by atoms with Crippen LogP contribution in [0, 0.1) is 11.2 Å². The smallest absolute Gasteiger partial charge is 0.144 e. The second kappa shape index (κ2) is 5.91. The fourth-order valence-electron chi connectivity index (χ4n) is 1.39. The Balaban J connectivity index is 2.54. The van der Waals surface area contributed by atoms with Gasteiger partial charge in [0.2, 0.25) is 0 Å². The zero-order valence-corrected chi connectivity index (χ0v) is 11.1. The van der Waals surface area contributed by atoms with Gasteiger partial charge in [0, 0.05) is 17.6 Å². The SMILES string of the molecule is CC(C)(CCNc1ccc(Cl)c(F)c1)C(N)=NO. The van der Waals surface area contributed by atoms with Gasteiger partial charge >= 0.3 is 0 Å². The molecule has 100 valence electrons. The number of hydrogen-bond acceptors (Lipinski definition) is 3. The van der Waals surface area contributed by atoms with E-state index in [2.05, 4.69) is 10.5 Å². The molecule has 0 aliphatic rings. The second-order valence-corrected chi connectivity index (χ2v) is 5.08. The summed E-state index contributed by atoms with van der Waals surface area (Å²) in [4.78, 5) is 0. The first-order valence-corrected chi connectivity index (χ1v) is 5.91. The number of nitrogens with two attached hydrogens (primary N) is 1. The molecular weight excluding hydrogens is 257 g/mol. The van der Waals surface area contributed by atoms with E-state index in [0.717, 1.165) is 0 Å². The predicted molar refractivity (Wildman–Crippen MR) is 71.7 cm³/mol. The van der Waals surface area contributed by atoms with Crippen molar-refractivity contribution in [2.75, 3.05) is 11.9 Å². The lowest BCUT2D eigenvalue weighted by Crippen LogP contribution is -2.33. The standard InChI is InChI=1S/C12H17ClFN3O/c1-12(2,11(15)17-18)5-6-16-8-3-4-9(13)10(14)7-8/h3-4,7,16,18H,5-6H2,1-2H3,(H2,15,17). The molecule has 0 spiro atoms. The lowest BCUT2D eigenvalue weighted by molar-refractivity contribution is 0.306. The van der Waals surface area contributed by atoms with Crippen molar-refractivity contribution in [3.63, 3.8) is 0 Å². The summed E-state index contributed by atoms with van der Waals surface area (Å²) >= 11 is 5.58. The van der Waals surface area contributed by atoms with Crippen LogP contribution in [0.3, 0.4) is 0 Å². The molecule has 0 saturated heterocycles. The fraction of sp³-hybridized carbons (Fsp3) is 0.417. The molecule has 1 aromatic carbocycles. The van der Waals surface area contributed by atoms with Crippen LogP contribution in [0.5, 0.6) is 0 Å². The molecule has 0 aliphatic heterocycles. The Morgan fingerprint density at radius 3 is 2.78 bits per heavy atom. The minimum absolute atomic E-state index is 0.0949. The number of anilines is 1. The first-order valence-electron chi connectivity index (χ1n) is 5.54. The number of benzene rings is 1. The van der Waals surface area contributed by atoms with Gasteiger partial charge in [-0.3, -0.25) is 0 Å². The van der Waals surface area contributed by atoms with Crippen molar-refractivity contribution in [1.82, 2.24) is 0 Å². The molecule has 18 heavy (non-hydrogen) atoms. The van der Waals surface area contributed by atoms with Gasteiger partial charge in [0.05, 0.1) is 5.02 Å². The highest BCUT2D eigenvalue weighted by molar-refractivity contribution is 6.30. The highest BCUT2D eigenvalue weighted by Gasteiger charge is 2.22. The van der Waals surface area contributed by atoms with Crippen LogP contribution in [-0.4, -0.2) is 17.6 Å². The maximum atomic E-state index is 13.2. The van der Waals surface area contributed by atoms with Gasteiger partial charge in [-0.25, -0.2) is 4.39 Å². The molecule has 0 saturated carbocycles. The van der Waals surface area contributed by atoms with Crippen molar-refractivity contribution in [2.45, 2.75) is 20.3 Å². The summed E-state index contributed by atoms with van der Waals surface area (Å²) in [6.45, 7) is 4.31. The molecule has 4 nitrogen and oxygen atoms in total. The van der Waals surface area contributed by atoms with Crippen LogP contribution in [0.25, 0.3) is 0 Å². The largest absolute Gasteiger partial charge is 0.409 e. The minimum atomic E-state index is -0.461. The third-order valence-corrected chi connectivity index (χ3v) is 3.11. The molecule has 0 aliphatic carbocycles. The van der Waals surface area contributed by atoms with Crippen molar-refractivity contribution >= 4 is 23.1 Å². The van der Waals surface area contributed by atoms with Gasteiger partial charge in [-0.2, -0.15) is 0 Å². The van der Waals surface area contributed by atoms with E-state index in [0.29, 0.717) is 18.7 Å². The van der Waals surface area contributed by atoms with Crippen molar-refractivity contribution in [3.8, 4) is 0 Å². The first kappa shape index (κ1) is 14.6. The average molecular weight is 274 g/mol. The van der Waals surface area contributed by atoms with Gasteiger partial charge < -0.3 is 16.3 Å². The summed E-state index contributed by atoms with van der Waals surface area (Å²) in [7, 11) is 0. The fourth-order valence-corrected chi connectivity index (χ4v) is 1.51. The van der Waals surface area contributed by atoms with Crippen LogP contribution in [-0.2, 0) is 0 Å². The van der Waals surface area contributed by atoms with Crippen LogP contribution in [0.15, 0.2) is 23.4 Å². The molecular formula is C12H17ClFN3O. The topological polar surface area (TPSA) is 70.6 Å². The summed E-state index contributed by atoms with van der Waals surface area (Å²) < 4.78 is 13.2. The Kier molecular flexibility index (Phi) is 4.78. The Morgan fingerprint density at radius 1 is 1.56 bits per heavy atom. The van der Waals surface area contributed by atoms with E-state index in [1.165, 1.54) is 12.1 Å². The van der Waals surface area contributed by atoms with E-state index in [9.17, 15) is 4.39 Å². The lowest BCUT2D eigenvalue weighted by atomic mass is 9.88. The van der Waals surface area contributed by atoms with E-state index in [1.807, 2.05) is 13.8 Å². The van der Waals surface area contributed by atoms with Crippen LogP contribution in [0.4, 0.5) is 10.1 Å². The summed E-state index contributed by atoms with van der Waals surface area (Å²) in [5.74, 6) is -0.288. The maximum absolute atomic E-state index is 13.2. The monoisotopic (exact) mass is 273 g/mol. The molecule has 0 bridgehead atoms. The van der Waals surface area contributed by atoms with Crippen molar-refractivity contribution < 1.29 is 9.60 Å². The highest BCUT2D eigenvalue weighted by atomic mass is 35.5. The summed E-state index contributed by atoms with van der Waals surface area (Å²) in [6, 6.07) is 4.52. The van der Waals surface area contributed by atoms with E-state index >= 15 is 0 Å². The zero-order chi connectivity index (χ0) is 13.8. The summed E-state index contributed by atoms with van der Waals surface area (Å²) in [6.07, 6.45) is 0.646. The summed E-state index contributed by atoms with van der Waals surface area (Å²) in [5.41, 5.74) is 5.79. The Labute approximate surface area is 111 Å². The number of amidine groups is 1. The van der Waals surface area contributed by atoms with Gasteiger partial charge in [-0.15, -0.1) is 0 Å². The maximum Gasteiger partial charge on any atom is 0.144 e. The average Bonchev–Trinajstić information content (AvgIpc) is 2.32. The quantitative estimate of drug-likeness (QED) is 0.334. The molecule has 1 rings (SSSR count). The first-order chi connectivity index (χ1) is 8.36. The van der Waals surface area contributed by atoms with E-state index in [4.69, 9.17) is 22.5 Å². The molecule has 1 aromatic rings. The molecule has 0 fully saturated rings. The van der Waals surface area contributed by atoms with Crippen molar-refractivity contribution in [2.24, 2.45) is 16.3 Å². The number of nitrogens with one attached hydrogen (secondary N) is 1. The zero-order valence-electron chi connectivity index (χ0n) is 10.4. The number of rotatable bonds is 5. The van der Waals surface area contributed by atoms with Crippen LogP contribution in [0.2, 0.25) is 5.02 Å². The van der Waals surface area contributed by atoms with E-state index < -0.39 is 11.2 Å². The van der Waals surface area contributed by atoms with Crippen molar-refractivity contribution in [1.29, 1.82) is 0 Å². The van der Waals surface area contributed by atoms with Gasteiger partial charge in [-0.1, -0.05) is 30.6 Å². The summed E-state index contributed by atoms with van der Waals surface area (Å²) in [5, 5.41) is 14.8. The Bertz CT molecular complexity index is 449. The van der Waals surface area contributed by atoms with E-state index in [-0.39, 0.29) is 10.9 Å². The van der Waals surface area contributed by atoms with Crippen molar-refractivity contribution in [3.05, 3.63) is 29.0 Å². The van der Waals surface area contributed by atoms with E-state index in [1.54, 1.807) is 6.07 Å². The Morgan fingerprint density at radius 2 is 2.22 bits per heavy atom. The number of oxime groups is 1. The molecule has 0 atom stereocenters. The second-order valence-electron chi connectivity index (χ2n) is 4.67. The number of nitrogens with zero attached hydrogens (tertiary/aromatic N) is 1. The molecule has 0 radical (unpaired) electrons. The van der Waals surface area contributed by atoms with Crippen LogP contribution in [0.1, 0.15) is 20.3 Å². The van der Waals surface area contributed by atoms with Crippen LogP contribution < -0.4 is 11.1 Å². The lowest BCUT2D eigenvalue weighted by Gasteiger charge is -2.23. The van der Waals surface area contributed by atoms with Gasteiger partial charge in [0.15, 0.2) is 0 Å². The highest BCUT2D eigenvalue weighted by Crippen LogP contribution is 2.22. The van der Waals surface area contributed by atoms with Gasteiger partial charge in [-0.05, 0) is 24.6 Å².